The van der Waals surface area contributed by atoms with Gasteiger partial charge in [0.05, 0.1) is 5.56 Å². The third kappa shape index (κ3) is 6.40. The zero-order valence-electron chi connectivity index (χ0n) is 23.1. The van der Waals surface area contributed by atoms with E-state index in [4.69, 9.17) is 18.6 Å². The number of hydrogen-bond donors (Lipinski definition) is 0. The van der Waals surface area contributed by atoms with Crippen LogP contribution >= 0.6 is 0 Å². The highest BCUT2D eigenvalue weighted by Gasteiger charge is 2.53. The van der Waals surface area contributed by atoms with Crippen LogP contribution in [0.4, 0.5) is 0 Å². The molecule has 3 atom stereocenters. The molecule has 0 radical (unpaired) electrons. The first-order valence-electron chi connectivity index (χ1n) is 13.2. The first kappa shape index (κ1) is 29.0. The number of cyclic esters (lactones) is 1. The lowest BCUT2D eigenvalue weighted by Gasteiger charge is -2.46. The number of ether oxygens (including phenoxy) is 3. The van der Waals surface area contributed by atoms with Crippen molar-refractivity contribution < 1.29 is 33.0 Å². The molecule has 8 heteroatoms. The van der Waals surface area contributed by atoms with Gasteiger partial charge in [-0.15, -0.1) is 0 Å². The van der Waals surface area contributed by atoms with Gasteiger partial charge in [0.2, 0.25) is 0 Å². The fourth-order valence-electron chi connectivity index (χ4n) is 5.04. The Morgan fingerprint density at radius 2 is 1.40 bits per heavy atom. The molecule has 7 nitrogen and oxygen atoms in total. The molecule has 0 aliphatic carbocycles. The molecular formula is C32H34O7Si. The Labute approximate surface area is 235 Å². The van der Waals surface area contributed by atoms with Crippen molar-refractivity contribution in [3.8, 4) is 0 Å². The van der Waals surface area contributed by atoms with Crippen molar-refractivity contribution in [2.24, 2.45) is 0 Å². The molecule has 1 aliphatic rings. The van der Waals surface area contributed by atoms with Gasteiger partial charge in [-0.2, -0.15) is 0 Å². The average molecular weight is 559 g/mol. The minimum Gasteiger partial charge on any atom is -0.458 e. The Hall–Kier alpha value is -4.01. The van der Waals surface area contributed by atoms with Crippen molar-refractivity contribution in [2.75, 3.05) is 6.61 Å². The summed E-state index contributed by atoms with van der Waals surface area (Å²) in [5.41, 5.74) is 0.352. The summed E-state index contributed by atoms with van der Waals surface area (Å²) in [6.07, 6.45) is 0.0308. The summed E-state index contributed by atoms with van der Waals surface area (Å²) in [4.78, 5) is 37.3. The van der Waals surface area contributed by atoms with E-state index in [-0.39, 0.29) is 11.6 Å². The van der Waals surface area contributed by atoms with Crippen molar-refractivity contribution in [2.45, 2.75) is 51.0 Å². The topological polar surface area (TPSA) is 88.1 Å². The van der Waals surface area contributed by atoms with Gasteiger partial charge in [0.25, 0.3) is 8.32 Å². The van der Waals surface area contributed by atoms with E-state index in [0.717, 1.165) is 10.4 Å². The van der Waals surface area contributed by atoms with Crippen LogP contribution in [0, 0.1) is 0 Å². The van der Waals surface area contributed by atoms with Gasteiger partial charge >= 0.3 is 17.9 Å². The van der Waals surface area contributed by atoms with E-state index in [2.05, 4.69) is 45.0 Å². The molecule has 0 saturated carbocycles. The summed E-state index contributed by atoms with van der Waals surface area (Å²) in [6, 6.07) is 28.6. The van der Waals surface area contributed by atoms with Gasteiger partial charge in [0, 0.05) is 13.0 Å². The fourth-order valence-corrected chi connectivity index (χ4v) is 9.67. The second kappa shape index (κ2) is 12.4. The lowest BCUT2D eigenvalue weighted by atomic mass is 10.1. The molecule has 4 rings (SSSR count). The Morgan fingerprint density at radius 3 is 1.90 bits per heavy atom. The minimum absolute atomic E-state index is 0.320. The van der Waals surface area contributed by atoms with Crippen LogP contribution in [0.2, 0.25) is 5.04 Å². The second-order valence-electron chi connectivity index (χ2n) is 10.6. The molecule has 1 aliphatic heterocycles. The van der Waals surface area contributed by atoms with Crippen molar-refractivity contribution >= 4 is 36.6 Å². The van der Waals surface area contributed by atoms with Crippen LogP contribution in [0.3, 0.4) is 0 Å². The van der Waals surface area contributed by atoms with Crippen molar-refractivity contribution in [1.29, 1.82) is 0 Å². The van der Waals surface area contributed by atoms with Crippen LogP contribution < -0.4 is 10.4 Å². The van der Waals surface area contributed by atoms with Crippen LogP contribution in [0.15, 0.2) is 103 Å². The number of carbonyl (C=O) groups excluding carboxylic acids is 3. The number of hydrogen-bond acceptors (Lipinski definition) is 7. The quantitative estimate of drug-likeness (QED) is 0.221. The van der Waals surface area contributed by atoms with Gasteiger partial charge in [-0.3, -0.25) is 4.79 Å². The maximum atomic E-state index is 12.7. The van der Waals surface area contributed by atoms with Gasteiger partial charge in [-0.1, -0.05) is 99.6 Å². The summed E-state index contributed by atoms with van der Waals surface area (Å²) >= 11 is 0. The summed E-state index contributed by atoms with van der Waals surface area (Å²) in [6.45, 7) is 7.35. The normalized spacial score (nSPS) is 17.9. The molecule has 0 unspecified atom stereocenters. The van der Waals surface area contributed by atoms with Gasteiger partial charge in [0.1, 0.15) is 12.7 Å². The van der Waals surface area contributed by atoms with Gasteiger partial charge in [0.15, 0.2) is 12.2 Å². The van der Waals surface area contributed by atoms with Crippen LogP contribution in [-0.4, -0.2) is 51.1 Å². The van der Waals surface area contributed by atoms with Crippen LogP contribution in [0.25, 0.3) is 0 Å². The highest BCUT2D eigenvalue weighted by atomic mass is 28.4. The first-order valence-corrected chi connectivity index (χ1v) is 15.1. The number of esters is 3. The average Bonchev–Trinajstić information content (AvgIpc) is 2.95. The number of rotatable bonds is 9. The zero-order chi connectivity index (χ0) is 28.8. The molecular weight excluding hydrogens is 524 g/mol. The highest BCUT2D eigenvalue weighted by molar-refractivity contribution is 6.99. The molecule has 3 aromatic carbocycles. The zero-order valence-corrected chi connectivity index (χ0v) is 24.1. The number of carbonyl (C=O) groups is 3. The van der Waals surface area contributed by atoms with E-state index in [9.17, 15) is 14.4 Å². The van der Waals surface area contributed by atoms with Gasteiger partial charge in [-0.25, -0.2) is 9.59 Å². The maximum absolute atomic E-state index is 12.7. The van der Waals surface area contributed by atoms with E-state index in [1.54, 1.807) is 36.4 Å². The SMILES string of the molecule is CC(=O)O[C@H](COC(=O)c1ccccc1)[C@H]1OC(=O)C=C[C@H]1O[Si](c1ccccc1)(c1ccccc1)C(C)(C)C. The lowest BCUT2D eigenvalue weighted by molar-refractivity contribution is -0.174. The van der Waals surface area contributed by atoms with Gasteiger partial charge < -0.3 is 18.6 Å². The highest BCUT2D eigenvalue weighted by Crippen LogP contribution is 2.39. The molecule has 208 valence electrons. The molecule has 1 heterocycles. The molecule has 0 saturated heterocycles. The molecule has 0 amide bonds. The molecule has 40 heavy (non-hydrogen) atoms. The molecule has 0 aromatic heterocycles. The summed E-state index contributed by atoms with van der Waals surface area (Å²) in [7, 11) is -3.07. The first-order chi connectivity index (χ1) is 19.1. The third-order valence-corrected chi connectivity index (χ3v) is 11.8. The smallest absolute Gasteiger partial charge is 0.338 e. The van der Waals surface area contributed by atoms with E-state index < -0.39 is 44.5 Å². The summed E-state index contributed by atoms with van der Waals surface area (Å²) in [5, 5.41) is 1.72. The van der Waals surface area contributed by atoms with Crippen molar-refractivity contribution in [3.05, 3.63) is 109 Å². The predicted molar refractivity (Wildman–Crippen MR) is 154 cm³/mol. The lowest BCUT2D eigenvalue weighted by Crippen LogP contribution is -2.69. The van der Waals surface area contributed by atoms with Crippen LogP contribution in [-0.2, 0) is 28.2 Å². The fraction of sp³-hybridized carbons (Fsp3) is 0.281. The molecule has 0 spiro atoms. The third-order valence-electron chi connectivity index (χ3n) is 6.80. The Morgan fingerprint density at radius 1 is 0.875 bits per heavy atom. The van der Waals surface area contributed by atoms with Crippen LogP contribution in [0.1, 0.15) is 38.1 Å². The maximum Gasteiger partial charge on any atom is 0.338 e. The van der Waals surface area contributed by atoms with E-state index in [0.29, 0.717) is 5.56 Å². The molecule has 3 aromatic rings. The number of benzene rings is 3. The molecule has 0 bridgehead atoms. The second-order valence-corrected chi connectivity index (χ2v) is 14.9. The van der Waals surface area contributed by atoms with Crippen molar-refractivity contribution in [3.63, 3.8) is 0 Å². The van der Waals surface area contributed by atoms with E-state index in [1.165, 1.54) is 13.0 Å². The van der Waals surface area contributed by atoms with E-state index >= 15 is 0 Å². The summed E-state index contributed by atoms with van der Waals surface area (Å²) in [5.74, 6) is -1.78. The Balaban J connectivity index is 1.74. The molecule has 0 fully saturated rings. The summed E-state index contributed by atoms with van der Waals surface area (Å²) < 4.78 is 24.0. The Bertz CT molecular complexity index is 1290. The minimum atomic E-state index is -3.07. The van der Waals surface area contributed by atoms with Crippen LogP contribution in [0.5, 0.6) is 0 Å². The molecule has 0 N–H and O–H groups in total. The predicted octanol–water partition coefficient (Wildman–Crippen LogP) is 4.20. The monoisotopic (exact) mass is 558 g/mol. The van der Waals surface area contributed by atoms with Crippen molar-refractivity contribution in [1.82, 2.24) is 0 Å². The standard InChI is InChI=1S/C32H34O7Si/c1-23(33)37-28(22-36-31(35)24-14-8-5-9-15-24)30-27(20-21-29(34)38-30)39-40(32(2,3)4,25-16-10-6-11-17-25)26-18-12-7-13-19-26/h5-21,27-28,30H,22H2,1-4H3/t27-,28-,30+/m1/s1. The van der Waals surface area contributed by atoms with E-state index in [1.807, 2.05) is 36.4 Å². The largest absolute Gasteiger partial charge is 0.458 e. The Kier molecular flexibility index (Phi) is 9.02. The van der Waals surface area contributed by atoms with Gasteiger partial charge in [-0.05, 0) is 33.6 Å².